The first-order valence-electron chi connectivity index (χ1n) is 3.71. The minimum Gasteiger partial charge on any atom is -0.314 e. The van der Waals surface area contributed by atoms with Crippen molar-refractivity contribution in [2.24, 2.45) is 0 Å². The second-order valence-electron chi connectivity index (χ2n) is 2.69. The highest BCUT2D eigenvalue weighted by Crippen LogP contribution is 2.32. The lowest BCUT2D eigenvalue weighted by atomic mass is 10.2. The normalized spacial score (nSPS) is 11.5. The van der Waals surface area contributed by atoms with Gasteiger partial charge in [0.1, 0.15) is 5.52 Å². The monoisotopic (exact) mass is 264 g/mol. The van der Waals surface area contributed by atoms with Gasteiger partial charge in [-0.25, -0.2) is 13.8 Å². The lowest BCUT2D eigenvalue weighted by Gasteiger charge is -2.02. The van der Waals surface area contributed by atoms with E-state index in [0.29, 0.717) is 5.52 Å². The van der Waals surface area contributed by atoms with Crippen LogP contribution in [0.2, 0.25) is 0 Å². The van der Waals surface area contributed by atoms with Gasteiger partial charge in [-0.05, 0) is 28.1 Å². The molecule has 6 heteroatoms. The molecule has 1 N–H and O–H groups in total. The predicted octanol–water partition coefficient (Wildman–Crippen LogP) is 3.40. The summed E-state index contributed by atoms with van der Waals surface area (Å²) < 4.78 is 37.6. The Morgan fingerprint density at radius 1 is 1.36 bits per heavy atom. The number of nitrogens with one attached hydrogen (secondary N) is 1. The van der Waals surface area contributed by atoms with Crippen molar-refractivity contribution in [2.45, 2.75) is 6.43 Å². The van der Waals surface area contributed by atoms with Crippen molar-refractivity contribution in [3.05, 3.63) is 28.2 Å². The molecule has 0 bridgehead atoms. The molecular formula is C8H4BrF3N2. The summed E-state index contributed by atoms with van der Waals surface area (Å²) in [6, 6.07) is 2.60. The summed E-state index contributed by atoms with van der Waals surface area (Å²) in [5, 5.41) is 0. The number of H-pyrrole nitrogens is 1. The van der Waals surface area contributed by atoms with Crippen LogP contribution in [0.5, 0.6) is 0 Å². The first-order chi connectivity index (χ1) is 6.59. The van der Waals surface area contributed by atoms with Gasteiger partial charge in [-0.1, -0.05) is 0 Å². The summed E-state index contributed by atoms with van der Waals surface area (Å²) in [6.07, 6.45) is -3.39. The van der Waals surface area contributed by atoms with Gasteiger partial charge in [0.2, 0.25) is 0 Å². The molecule has 0 fully saturated rings. The number of aromatic amines is 1. The van der Waals surface area contributed by atoms with E-state index < -0.39 is 12.5 Å². The Bertz CT molecular complexity index is 481. The molecule has 2 aromatic rings. The molecule has 0 spiro atoms. The van der Waals surface area contributed by atoms with Gasteiger partial charge >= 0.3 is 0 Å². The maximum absolute atomic E-state index is 12.7. The number of alkyl halides is 2. The molecule has 0 saturated carbocycles. The largest absolute Gasteiger partial charge is 0.314 e. The number of hydrogen-bond acceptors (Lipinski definition) is 1. The second-order valence-corrected chi connectivity index (χ2v) is 3.49. The number of aromatic nitrogens is 2. The number of halogens is 4. The summed E-state index contributed by atoms with van der Waals surface area (Å²) in [6.45, 7) is 0. The Kier molecular flexibility index (Phi) is 2.22. The highest BCUT2D eigenvalue weighted by Gasteiger charge is 2.16. The summed E-state index contributed by atoms with van der Waals surface area (Å²) in [7, 11) is 0. The van der Waals surface area contributed by atoms with Gasteiger partial charge in [0.05, 0.1) is 9.99 Å². The molecular weight excluding hydrogens is 261 g/mol. The second kappa shape index (κ2) is 3.27. The molecule has 0 saturated heterocycles. The molecule has 0 radical (unpaired) electrons. The van der Waals surface area contributed by atoms with Crippen molar-refractivity contribution >= 4 is 27.0 Å². The topological polar surface area (TPSA) is 28.7 Å². The number of nitrogens with zero attached hydrogens (tertiary/aromatic N) is 1. The molecule has 0 aliphatic carbocycles. The molecule has 0 unspecified atom stereocenters. The average Bonchev–Trinajstić information content (AvgIpc) is 2.46. The van der Waals surface area contributed by atoms with E-state index >= 15 is 0 Å². The highest BCUT2D eigenvalue weighted by molar-refractivity contribution is 9.10. The van der Waals surface area contributed by atoms with Crippen LogP contribution in [0.4, 0.5) is 13.2 Å². The average molecular weight is 265 g/mol. The molecule has 2 nitrogen and oxygen atoms in total. The lowest BCUT2D eigenvalue weighted by molar-refractivity contribution is 0.150. The molecule has 0 amide bonds. The van der Waals surface area contributed by atoms with Gasteiger partial charge in [-0.3, -0.25) is 0 Å². The van der Waals surface area contributed by atoms with Gasteiger partial charge in [-0.2, -0.15) is 4.39 Å². The Hall–Kier alpha value is -1.04. The minimum absolute atomic E-state index is 0.130. The number of benzene rings is 1. The van der Waals surface area contributed by atoms with Gasteiger partial charge in [0.25, 0.3) is 12.5 Å². The van der Waals surface area contributed by atoms with Crippen molar-refractivity contribution in [3.63, 3.8) is 0 Å². The van der Waals surface area contributed by atoms with Crippen molar-refractivity contribution < 1.29 is 13.2 Å². The van der Waals surface area contributed by atoms with E-state index in [1.807, 2.05) is 0 Å². The summed E-state index contributed by atoms with van der Waals surface area (Å²) in [4.78, 5) is 5.77. The number of imidazole rings is 1. The standard InChI is InChI=1S/C8H4BrF3N2/c9-5-3(7(10)11)1-2-4-6(5)14-8(12)13-4/h1-2,7H,(H,13,14). The zero-order valence-electron chi connectivity index (χ0n) is 6.69. The third-order valence-corrected chi connectivity index (χ3v) is 2.66. The van der Waals surface area contributed by atoms with E-state index in [2.05, 4.69) is 25.9 Å². The SMILES string of the molecule is Fc1nc2c(Br)c(C(F)F)ccc2[nH]1. The molecule has 0 aliphatic rings. The van der Waals surface area contributed by atoms with Crippen LogP contribution >= 0.6 is 15.9 Å². The first-order valence-corrected chi connectivity index (χ1v) is 4.50. The number of hydrogen-bond donors (Lipinski definition) is 1. The molecule has 74 valence electrons. The Morgan fingerprint density at radius 3 is 2.71 bits per heavy atom. The van der Waals surface area contributed by atoms with E-state index in [4.69, 9.17) is 0 Å². The van der Waals surface area contributed by atoms with Crippen LogP contribution in [-0.2, 0) is 0 Å². The molecule has 14 heavy (non-hydrogen) atoms. The third-order valence-electron chi connectivity index (χ3n) is 1.83. The van der Waals surface area contributed by atoms with Gasteiger partial charge in [-0.15, -0.1) is 0 Å². The summed E-state index contributed by atoms with van der Waals surface area (Å²) >= 11 is 2.97. The molecule has 0 aliphatic heterocycles. The Balaban J connectivity index is 2.74. The fourth-order valence-electron chi connectivity index (χ4n) is 1.20. The van der Waals surface area contributed by atoms with Crippen molar-refractivity contribution in [1.29, 1.82) is 0 Å². The highest BCUT2D eigenvalue weighted by atomic mass is 79.9. The molecule has 1 aromatic heterocycles. The summed E-state index contributed by atoms with van der Waals surface area (Å²) in [5.74, 6) is 0. The lowest BCUT2D eigenvalue weighted by Crippen LogP contribution is -1.86. The fraction of sp³-hybridized carbons (Fsp3) is 0.125. The predicted molar refractivity (Wildman–Crippen MR) is 48.7 cm³/mol. The van der Waals surface area contributed by atoms with Crippen LogP contribution in [0.25, 0.3) is 11.0 Å². The van der Waals surface area contributed by atoms with E-state index in [1.165, 1.54) is 12.1 Å². The molecule has 1 aromatic carbocycles. The fourth-order valence-corrected chi connectivity index (χ4v) is 1.80. The van der Waals surface area contributed by atoms with Gasteiger partial charge < -0.3 is 4.98 Å². The van der Waals surface area contributed by atoms with E-state index in [1.54, 1.807) is 0 Å². The molecule has 1 heterocycles. The van der Waals surface area contributed by atoms with Crippen LogP contribution in [0.3, 0.4) is 0 Å². The first kappa shape index (κ1) is 9.51. The maximum Gasteiger partial charge on any atom is 0.287 e. The number of fused-ring (bicyclic) bond motifs is 1. The van der Waals surface area contributed by atoms with E-state index in [-0.39, 0.29) is 15.6 Å². The molecule has 2 rings (SSSR count). The zero-order chi connectivity index (χ0) is 10.3. The van der Waals surface area contributed by atoms with Crippen LogP contribution in [0, 0.1) is 6.08 Å². The summed E-state index contributed by atoms with van der Waals surface area (Å²) in [5.41, 5.74) is 0.378. The quantitative estimate of drug-likeness (QED) is 0.841. The zero-order valence-corrected chi connectivity index (χ0v) is 8.28. The van der Waals surface area contributed by atoms with Crippen LogP contribution in [0.1, 0.15) is 12.0 Å². The smallest absolute Gasteiger partial charge is 0.287 e. The Labute approximate surface area is 85.3 Å². The molecule has 0 atom stereocenters. The van der Waals surface area contributed by atoms with Gasteiger partial charge in [0.15, 0.2) is 0 Å². The van der Waals surface area contributed by atoms with E-state index in [0.717, 1.165) is 0 Å². The Morgan fingerprint density at radius 2 is 2.07 bits per heavy atom. The van der Waals surface area contributed by atoms with Crippen molar-refractivity contribution in [3.8, 4) is 0 Å². The maximum atomic E-state index is 12.7. The van der Waals surface area contributed by atoms with Crippen LogP contribution < -0.4 is 0 Å². The van der Waals surface area contributed by atoms with Crippen molar-refractivity contribution in [2.75, 3.05) is 0 Å². The third kappa shape index (κ3) is 1.39. The van der Waals surface area contributed by atoms with E-state index in [9.17, 15) is 13.2 Å². The van der Waals surface area contributed by atoms with Gasteiger partial charge in [0, 0.05) is 5.56 Å². The van der Waals surface area contributed by atoms with Crippen LogP contribution in [-0.4, -0.2) is 9.97 Å². The minimum atomic E-state index is -2.60. The number of rotatable bonds is 1. The van der Waals surface area contributed by atoms with Crippen molar-refractivity contribution in [1.82, 2.24) is 9.97 Å². The van der Waals surface area contributed by atoms with Crippen LogP contribution in [0.15, 0.2) is 16.6 Å².